The van der Waals surface area contributed by atoms with Gasteiger partial charge in [-0.25, -0.2) is 0 Å². The minimum absolute atomic E-state index is 0.691. The molecular formula is C18H17NO. The van der Waals surface area contributed by atoms with Crippen LogP contribution in [0.25, 0.3) is 33.1 Å². The molecule has 20 heavy (non-hydrogen) atoms. The Bertz CT molecular complexity index is 868. The molecule has 0 fully saturated rings. The minimum atomic E-state index is 0.691. The highest BCUT2D eigenvalue weighted by molar-refractivity contribution is 6.11. The zero-order valence-corrected chi connectivity index (χ0v) is 11.8. The number of allylic oxidation sites excluding steroid dienone is 2. The van der Waals surface area contributed by atoms with Crippen LogP contribution in [0, 0.1) is 0 Å². The van der Waals surface area contributed by atoms with E-state index in [4.69, 9.17) is 10.2 Å². The van der Waals surface area contributed by atoms with Crippen molar-refractivity contribution in [3.63, 3.8) is 0 Å². The van der Waals surface area contributed by atoms with Crippen molar-refractivity contribution in [2.45, 2.75) is 13.8 Å². The Morgan fingerprint density at radius 1 is 1.05 bits per heavy atom. The van der Waals surface area contributed by atoms with Gasteiger partial charge in [-0.05, 0) is 37.1 Å². The number of nitrogens with two attached hydrogens (primary N) is 1. The van der Waals surface area contributed by atoms with Crippen molar-refractivity contribution >= 4 is 38.8 Å². The quantitative estimate of drug-likeness (QED) is 0.642. The molecule has 0 spiro atoms. The molecule has 100 valence electrons. The molecule has 0 aliphatic heterocycles. The van der Waals surface area contributed by atoms with Crippen molar-refractivity contribution in [2.75, 3.05) is 5.73 Å². The Balaban J connectivity index is 2.58. The zero-order chi connectivity index (χ0) is 14.4. The molecule has 3 rings (SSSR count). The van der Waals surface area contributed by atoms with E-state index < -0.39 is 0 Å². The van der Waals surface area contributed by atoms with Crippen LogP contribution in [0.4, 0.5) is 5.69 Å². The van der Waals surface area contributed by atoms with Crippen LogP contribution in [0.15, 0.2) is 47.9 Å². The first-order valence-corrected chi connectivity index (χ1v) is 6.56. The minimum Gasteiger partial charge on any atom is -0.455 e. The lowest BCUT2D eigenvalue weighted by Crippen LogP contribution is -1.97. The Hall–Kier alpha value is -2.48. The largest absolute Gasteiger partial charge is 0.455 e. The summed E-state index contributed by atoms with van der Waals surface area (Å²) in [4.78, 5) is 0. The van der Waals surface area contributed by atoms with Gasteiger partial charge in [0, 0.05) is 21.9 Å². The number of fused-ring (bicyclic) bond motifs is 3. The van der Waals surface area contributed by atoms with E-state index in [0.717, 1.165) is 44.2 Å². The summed E-state index contributed by atoms with van der Waals surface area (Å²) in [6, 6.07) is 10.1. The third kappa shape index (κ3) is 1.65. The van der Waals surface area contributed by atoms with Gasteiger partial charge in [0.05, 0.1) is 5.69 Å². The Morgan fingerprint density at radius 2 is 1.75 bits per heavy atom. The van der Waals surface area contributed by atoms with Gasteiger partial charge in [-0.3, -0.25) is 0 Å². The van der Waals surface area contributed by atoms with Gasteiger partial charge in [0.1, 0.15) is 11.2 Å². The van der Waals surface area contributed by atoms with Crippen molar-refractivity contribution in [3.05, 3.63) is 54.6 Å². The van der Waals surface area contributed by atoms with Crippen molar-refractivity contribution in [3.8, 4) is 0 Å². The van der Waals surface area contributed by atoms with Crippen LogP contribution in [-0.4, -0.2) is 0 Å². The number of para-hydroxylation sites is 1. The topological polar surface area (TPSA) is 39.2 Å². The number of rotatable bonds is 2. The first-order valence-electron chi connectivity index (χ1n) is 6.56. The SMILES string of the molecule is C=C(C)c1cc2c(oc3ccccc32)c(C(=C)C)c1N. The van der Waals surface area contributed by atoms with E-state index in [9.17, 15) is 0 Å². The second-order valence-corrected chi connectivity index (χ2v) is 5.25. The average molecular weight is 263 g/mol. The summed E-state index contributed by atoms with van der Waals surface area (Å²) in [5, 5.41) is 2.15. The standard InChI is InChI=1S/C18H17NO/c1-10(2)13-9-14-12-7-5-6-8-15(12)20-18(14)16(11(3)4)17(13)19/h5-9H,1,3,19H2,2,4H3. The van der Waals surface area contributed by atoms with Gasteiger partial charge in [-0.2, -0.15) is 0 Å². The lowest BCUT2D eigenvalue weighted by atomic mass is 9.95. The summed E-state index contributed by atoms with van der Waals surface area (Å²) in [5.74, 6) is 0. The molecule has 2 heteroatoms. The maximum Gasteiger partial charge on any atom is 0.144 e. The highest BCUT2D eigenvalue weighted by Crippen LogP contribution is 2.39. The number of hydrogen-bond donors (Lipinski definition) is 1. The molecule has 2 aromatic carbocycles. The van der Waals surface area contributed by atoms with Gasteiger partial charge in [0.15, 0.2) is 0 Å². The van der Waals surface area contributed by atoms with E-state index in [1.54, 1.807) is 0 Å². The number of nitrogen functional groups attached to an aromatic ring is 1. The fourth-order valence-electron chi connectivity index (χ4n) is 2.65. The molecule has 3 aromatic rings. The summed E-state index contributed by atoms with van der Waals surface area (Å²) < 4.78 is 5.99. The third-order valence-corrected chi connectivity index (χ3v) is 3.60. The van der Waals surface area contributed by atoms with Crippen LogP contribution in [0.2, 0.25) is 0 Å². The predicted octanol–water partition coefficient (Wildman–Crippen LogP) is 5.23. The van der Waals surface area contributed by atoms with Crippen LogP contribution in [0.3, 0.4) is 0 Å². The molecular weight excluding hydrogens is 246 g/mol. The second-order valence-electron chi connectivity index (χ2n) is 5.25. The fourth-order valence-corrected chi connectivity index (χ4v) is 2.65. The lowest BCUT2D eigenvalue weighted by molar-refractivity contribution is 0.668. The van der Waals surface area contributed by atoms with Crippen LogP contribution in [0.1, 0.15) is 25.0 Å². The van der Waals surface area contributed by atoms with Crippen LogP contribution >= 0.6 is 0 Å². The summed E-state index contributed by atoms with van der Waals surface area (Å²) in [7, 11) is 0. The molecule has 1 heterocycles. The van der Waals surface area contributed by atoms with Gasteiger partial charge >= 0.3 is 0 Å². The molecule has 0 aliphatic carbocycles. The van der Waals surface area contributed by atoms with Crippen LogP contribution in [0.5, 0.6) is 0 Å². The summed E-state index contributed by atoms with van der Waals surface area (Å²) in [5.41, 5.74) is 12.3. The monoisotopic (exact) mass is 263 g/mol. The third-order valence-electron chi connectivity index (χ3n) is 3.60. The molecule has 0 saturated heterocycles. The van der Waals surface area contributed by atoms with E-state index in [-0.39, 0.29) is 0 Å². The van der Waals surface area contributed by atoms with Gasteiger partial charge in [0.25, 0.3) is 0 Å². The summed E-state index contributed by atoms with van der Waals surface area (Å²) in [6.07, 6.45) is 0. The normalized spacial score (nSPS) is 11.1. The molecule has 0 bridgehead atoms. The summed E-state index contributed by atoms with van der Waals surface area (Å²) >= 11 is 0. The lowest BCUT2D eigenvalue weighted by Gasteiger charge is -2.12. The maximum absolute atomic E-state index is 6.29. The Morgan fingerprint density at radius 3 is 2.40 bits per heavy atom. The van der Waals surface area contributed by atoms with Crippen molar-refractivity contribution in [1.29, 1.82) is 0 Å². The smallest absolute Gasteiger partial charge is 0.144 e. The first kappa shape index (κ1) is 12.5. The van der Waals surface area contributed by atoms with Gasteiger partial charge in [0.2, 0.25) is 0 Å². The van der Waals surface area contributed by atoms with E-state index in [1.807, 2.05) is 32.0 Å². The fraction of sp³-hybridized carbons (Fsp3) is 0.111. The maximum atomic E-state index is 6.29. The predicted molar refractivity (Wildman–Crippen MR) is 87.5 cm³/mol. The van der Waals surface area contributed by atoms with Crippen molar-refractivity contribution in [2.24, 2.45) is 0 Å². The molecule has 0 saturated carbocycles. The molecule has 1 aromatic heterocycles. The molecule has 2 N–H and O–H groups in total. The summed E-state index contributed by atoms with van der Waals surface area (Å²) in [6.45, 7) is 12.0. The first-order chi connectivity index (χ1) is 9.50. The number of hydrogen-bond acceptors (Lipinski definition) is 2. The number of furan rings is 1. The molecule has 0 radical (unpaired) electrons. The highest BCUT2D eigenvalue weighted by atomic mass is 16.3. The molecule has 0 atom stereocenters. The number of benzene rings is 2. The van der Waals surface area contributed by atoms with Gasteiger partial charge < -0.3 is 10.2 Å². The van der Waals surface area contributed by atoms with Gasteiger partial charge in [-0.15, -0.1) is 0 Å². The van der Waals surface area contributed by atoms with Crippen molar-refractivity contribution < 1.29 is 4.42 Å². The van der Waals surface area contributed by atoms with E-state index in [1.165, 1.54) is 0 Å². The number of anilines is 1. The van der Waals surface area contributed by atoms with Crippen LogP contribution in [-0.2, 0) is 0 Å². The van der Waals surface area contributed by atoms with Gasteiger partial charge in [-0.1, -0.05) is 31.4 Å². The Labute approximate surface area is 118 Å². The van der Waals surface area contributed by atoms with E-state index in [0.29, 0.717) is 5.69 Å². The van der Waals surface area contributed by atoms with Crippen molar-refractivity contribution in [1.82, 2.24) is 0 Å². The highest BCUT2D eigenvalue weighted by Gasteiger charge is 2.17. The van der Waals surface area contributed by atoms with E-state index in [2.05, 4.69) is 25.3 Å². The second kappa shape index (κ2) is 4.27. The van der Waals surface area contributed by atoms with E-state index >= 15 is 0 Å². The molecule has 0 amide bonds. The molecule has 2 nitrogen and oxygen atoms in total. The molecule has 0 unspecified atom stereocenters. The molecule has 0 aliphatic rings. The average Bonchev–Trinajstić information content (AvgIpc) is 2.74. The Kier molecular flexibility index (Phi) is 2.68. The zero-order valence-electron chi connectivity index (χ0n) is 11.8. The van der Waals surface area contributed by atoms with Crippen LogP contribution < -0.4 is 5.73 Å².